The van der Waals surface area contributed by atoms with E-state index in [4.69, 9.17) is 16.3 Å². The Balaban J connectivity index is 1.98. The van der Waals surface area contributed by atoms with Crippen LogP contribution in [0.1, 0.15) is 37.0 Å². The van der Waals surface area contributed by atoms with E-state index in [1.807, 2.05) is 6.92 Å². The van der Waals surface area contributed by atoms with Gasteiger partial charge in [-0.3, -0.25) is 4.79 Å². The largest absolute Gasteiger partial charge is 0.378 e. The predicted molar refractivity (Wildman–Crippen MR) is 83.9 cm³/mol. The summed E-state index contributed by atoms with van der Waals surface area (Å²) in [4.78, 5) is 16.4. The molecule has 1 aromatic heterocycles. The van der Waals surface area contributed by atoms with Crippen molar-refractivity contribution < 1.29 is 9.53 Å². The molecule has 2 unspecified atom stereocenters. The van der Waals surface area contributed by atoms with Crippen molar-refractivity contribution in [2.45, 2.75) is 32.8 Å². The van der Waals surface area contributed by atoms with Crippen LogP contribution in [-0.4, -0.2) is 36.7 Å². The van der Waals surface area contributed by atoms with Crippen LogP contribution in [0.2, 0.25) is 5.02 Å². The summed E-state index contributed by atoms with van der Waals surface area (Å²) in [6.07, 6.45) is 3.71. The second-order valence-electron chi connectivity index (χ2n) is 5.16. The number of carbonyl (C=O) groups excluding carboxylic acids is 1. The number of nitrogens with zero attached hydrogens (tertiary/aromatic N) is 1. The minimum Gasteiger partial charge on any atom is -0.378 e. The number of ether oxygens (including phenoxy) is 1. The number of nitrogens with one attached hydrogen (secondary N) is 2. The van der Waals surface area contributed by atoms with Crippen molar-refractivity contribution in [2.24, 2.45) is 5.92 Å². The van der Waals surface area contributed by atoms with Gasteiger partial charge in [0.05, 0.1) is 16.7 Å². The van der Waals surface area contributed by atoms with Gasteiger partial charge in [-0.2, -0.15) is 0 Å². The van der Waals surface area contributed by atoms with Gasteiger partial charge in [0.2, 0.25) is 0 Å². The predicted octanol–water partition coefficient (Wildman–Crippen LogP) is 2.71. The van der Waals surface area contributed by atoms with Crippen LogP contribution in [0.3, 0.4) is 0 Å². The number of carbonyl (C=O) groups is 1. The highest BCUT2D eigenvalue weighted by Gasteiger charge is 2.27. The van der Waals surface area contributed by atoms with Crippen LogP contribution in [0.15, 0.2) is 12.3 Å². The summed E-state index contributed by atoms with van der Waals surface area (Å²) in [6.45, 7) is 6.22. The summed E-state index contributed by atoms with van der Waals surface area (Å²) in [6, 6.07) is 1.68. The van der Waals surface area contributed by atoms with Gasteiger partial charge in [0, 0.05) is 31.8 Å². The summed E-state index contributed by atoms with van der Waals surface area (Å²) in [5.74, 6) is 0.874. The maximum Gasteiger partial charge on any atom is 0.253 e. The molecular weight excluding hydrogens is 290 g/mol. The van der Waals surface area contributed by atoms with Crippen LogP contribution >= 0.6 is 11.6 Å². The van der Waals surface area contributed by atoms with Crippen LogP contribution in [0.25, 0.3) is 0 Å². The first-order chi connectivity index (χ1) is 10.2. The lowest BCUT2D eigenvalue weighted by molar-refractivity contribution is 0.0827. The molecule has 0 saturated carbocycles. The third-order valence-electron chi connectivity index (χ3n) is 3.73. The molecule has 1 amide bonds. The molecule has 2 N–H and O–H groups in total. The monoisotopic (exact) mass is 311 g/mol. The van der Waals surface area contributed by atoms with Crippen molar-refractivity contribution >= 4 is 23.3 Å². The molecule has 2 rings (SSSR count). The van der Waals surface area contributed by atoms with Crippen molar-refractivity contribution in [3.8, 4) is 0 Å². The van der Waals surface area contributed by atoms with Gasteiger partial charge in [0.25, 0.3) is 5.91 Å². The minimum atomic E-state index is -0.164. The highest BCUT2D eigenvalue weighted by Crippen LogP contribution is 2.23. The van der Waals surface area contributed by atoms with Crippen LogP contribution in [0, 0.1) is 5.92 Å². The zero-order valence-corrected chi connectivity index (χ0v) is 13.2. The number of rotatable bonds is 6. The molecule has 1 fully saturated rings. The van der Waals surface area contributed by atoms with E-state index in [1.165, 1.54) is 6.20 Å². The molecule has 0 bridgehead atoms. The molecule has 1 aliphatic heterocycles. The number of pyridine rings is 1. The van der Waals surface area contributed by atoms with E-state index in [-0.39, 0.29) is 12.0 Å². The van der Waals surface area contributed by atoms with E-state index in [2.05, 4.69) is 22.5 Å². The average Bonchev–Trinajstić information content (AvgIpc) is 2.94. The third kappa shape index (κ3) is 4.08. The number of halogens is 1. The topological polar surface area (TPSA) is 63.2 Å². The Hall–Kier alpha value is -1.33. The van der Waals surface area contributed by atoms with Crippen molar-refractivity contribution in [3.05, 3.63) is 22.8 Å². The van der Waals surface area contributed by atoms with E-state index in [9.17, 15) is 4.79 Å². The second-order valence-corrected chi connectivity index (χ2v) is 5.56. The van der Waals surface area contributed by atoms with Crippen molar-refractivity contribution in [1.82, 2.24) is 10.3 Å². The third-order valence-corrected chi connectivity index (χ3v) is 4.03. The maximum absolute atomic E-state index is 12.3. The summed E-state index contributed by atoms with van der Waals surface area (Å²) in [7, 11) is 0. The Bertz CT molecular complexity index is 496. The number of hydrogen-bond acceptors (Lipinski definition) is 4. The Kier molecular flexibility index (Phi) is 5.82. The lowest BCUT2D eigenvalue weighted by Crippen LogP contribution is -2.33. The normalized spacial score (nSPS) is 21.3. The molecule has 1 aromatic rings. The first-order valence-corrected chi connectivity index (χ1v) is 7.82. The quantitative estimate of drug-likeness (QED) is 0.848. The van der Waals surface area contributed by atoms with E-state index in [1.54, 1.807) is 6.07 Å². The summed E-state index contributed by atoms with van der Waals surface area (Å²) in [5.41, 5.74) is 0.453. The summed E-state index contributed by atoms with van der Waals surface area (Å²) < 4.78 is 5.63. The first kappa shape index (κ1) is 16.0. The minimum absolute atomic E-state index is 0.164. The Morgan fingerprint density at radius 2 is 2.33 bits per heavy atom. The summed E-state index contributed by atoms with van der Waals surface area (Å²) in [5, 5.41) is 6.39. The number of amides is 1. The molecule has 116 valence electrons. The molecule has 0 aromatic carbocycles. The van der Waals surface area contributed by atoms with Crippen LogP contribution < -0.4 is 10.6 Å². The average molecular weight is 312 g/mol. The molecule has 6 heteroatoms. The van der Waals surface area contributed by atoms with Gasteiger partial charge in [0.1, 0.15) is 5.82 Å². The fraction of sp³-hybridized carbons (Fsp3) is 0.600. The van der Waals surface area contributed by atoms with E-state index in [0.29, 0.717) is 28.9 Å². The van der Waals surface area contributed by atoms with Gasteiger partial charge in [-0.05, 0) is 25.8 Å². The van der Waals surface area contributed by atoms with Gasteiger partial charge in [-0.15, -0.1) is 0 Å². The SMILES string of the molecule is CCNc1cc(C(=O)NCC2CCOC2CC)c(Cl)cn1. The van der Waals surface area contributed by atoms with Gasteiger partial charge in [0.15, 0.2) is 0 Å². The molecule has 1 aliphatic rings. The standard InChI is InChI=1S/C15H22ClN3O2/c1-3-13-10(5-6-21-13)8-19-15(20)11-7-14(17-4-2)18-9-12(11)16/h7,9-10,13H,3-6,8H2,1-2H3,(H,17,18)(H,19,20). The van der Waals surface area contributed by atoms with Crippen molar-refractivity contribution in [1.29, 1.82) is 0 Å². The van der Waals surface area contributed by atoms with Gasteiger partial charge >= 0.3 is 0 Å². The van der Waals surface area contributed by atoms with Crippen LogP contribution in [0.5, 0.6) is 0 Å². The molecule has 5 nitrogen and oxygen atoms in total. The maximum atomic E-state index is 12.3. The van der Waals surface area contributed by atoms with Crippen LogP contribution in [0.4, 0.5) is 5.82 Å². The Morgan fingerprint density at radius 1 is 1.52 bits per heavy atom. The fourth-order valence-corrected chi connectivity index (χ4v) is 2.78. The molecule has 1 saturated heterocycles. The molecule has 0 spiro atoms. The lowest BCUT2D eigenvalue weighted by atomic mass is 9.99. The van der Waals surface area contributed by atoms with E-state index < -0.39 is 0 Å². The van der Waals surface area contributed by atoms with Gasteiger partial charge in [-0.25, -0.2) is 4.98 Å². The molecule has 2 atom stereocenters. The number of anilines is 1. The zero-order valence-electron chi connectivity index (χ0n) is 12.5. The zero-order chi connectivity index (χ0) is 15.2. The Morgan fingerprint density at radius 3 is 3.05 bits per heavy atom. The lowest BCUT2D eigenvalue weighted by Gasteiger charge is -2.17. The first-order valence-electron chi connectivity index (χ1n) is 7.44. The van der Waals surface area contributed by atoms with E-state index in [0.717, 1.165) is 26.0 Å². The van der Waals surface area contributed by atoms with E-state index >= 15 is 0 Å². The fourth-order valence-electron chi connectivity index (χ4n) is 2.59. The highest BCUT2D eigenvalue weighted by atomic mass is 35.5. The number of aromatic nitrogens is 1. The number of hydrogen-bond donors (Lipinski definition) is 2. The smallest absolute Gasteiger partial charge is 0.253 e. The van der Waals surface area contributed by atoms with Gasteiger partial charge in [-0.1, -0.05) is 18.5 Å². The summed E-state index contributed by atoms with van der Waals surface area (Å²) >= 11 is 6.07. The molecule has 21 heavy (non-hydrogen) atoms. The van der Waals surface area contributed by atoms with Crippen molar-refractivity contribution in [2.75, 3.05) is 25.0 Å². The molecule has 2 heterocycles. The molecular formula is C15H22ClN3O2. The molecule has 0 radical (unpaired) electrons. The van der Waals surface area contributed by atoms with Gasteiger partial charge < -0.3 is 15.4 Å². The van der Waals surface area contributed by atoms with Crippen molar-refractivity contribution in [3.63, 3.8) is 0 Å². The highest BCUT2D eigenvalue weighted by molar-refractivity contribution is 6.33. The Labute approximate surface area is 130 Å². The molecule has 0 aliphatic carbocycles. The second kappa shape index (κ2) is 7.61. The van der Waals surface area contributed by atoms with Crippen LogP contribution in [-0.2, 0) is 4.74 Å².